The lowest BCUT2D eigenvalue weighted by molar-refractivity contribution is 0.403. The molecule has 108 valence electrons. The molecule has 1 N–H and O–H groups in total. The van der Waals surface area contributed by atoms with Crippen molar-refractivity contribution < 1.29 is 8.42 Å². The molecule has 1 aromatic carbocycles. The van der Waals surface area contributed by atoms with Crippen molar-refractivity contribution in [2.75, 3.05) is 18.8 Å². The van der Waals surface area contributed by atoms with E-state index in [2.05, 4.69) is 9.71 Å². The molecule has 2 rings (SSSR count). The molecule has 0 atom stereocenters. The Morgan fingerprint density at radius 1 is 1.35 bits per heavy atom. The van der Waals surface area contributed by atoms with Crippen LogP contribution >= 0.6 is 22.9 Å². The zero-order valence-corrected chi connectivity index (χ0v) is 13.4. The summed E-state index contributed by atoms with van der Waals surface area (Å²) in [7, 11) is 0.202. The van der Waals surface area contributed by atoms with E-state index in [1.54, 1.807) is 12.1 Å². The normalized spacial score (nSPS) is 11.8. The molecular weight excluding hydrogens is 318 g/mol. The van der Waals surface area contributed by atoms with Crippen LogP contribution in [0.3, 0.4) is 0 Å². The van der Waals surface area contributed by atoms with Gasteiger partial charge in [-0.1, -0.05) is 41.1 Å². The lowest BCUT2D eigenvalue weighted by Gasteiger charge is -2.15. The van der Waals surface area contributed by atoms with E-state index in [0.29, 0.717) is 12.2 Å². The first kappa shape index (κ1) is 15.2. The van der Waals surface area contributed by atoms with Crippen LogP contribution in [-0.4, -0.2) is 32.4 Å². The van der Waals surface area contributed by atoms with Gasteiger partial charge in [-0.2, -0.15) is 0 Å². The lowest BCUT2D eigenvalue weighted by Crippen LogP contribution is -2.16. The average Bonchev–Trinajstić information content (AvgIpc) is 2.78. The Bertz CT molecular complexity index is 698. The Morgan fingerprint density at radius 2 is 2.05 bits per heavy atom. The Morgan fingerprint density at radius 3 is 2.65 bits per heavy atom. The molecule has 0 aliphatic heterocycles. The van der Waals surface area contributed by atoms with Crippen LogP contribution in [0, 0.1) is 0 Å². The summed E-state index contributed by atoms with van der Waals surface area (Å²) in [5.41, 5.74) is 1.46. The minimum absolute atomic E-state index is 0.0992. The minimum Gasteiger partial charge on any atom is -0.305 e. The highest BCUT2D eigenvalue weighted by Crippen LogP contribution is 2.26. The second-order valence-electron chi connectivity index (χ2n) is 4.43. The number of aromatic nitrogens is 1. The molecule has 0 saturated carbocycles. The third-order valence-electron chi connectivity index (χ3n) is 2.47. The number of halogens is 1. The van der Waals surface area contributed by atoms with Crippen molar-refractivity contribution in [2.24, 2.45) is 0 Å². The van der Waals surface area contributed by atoms with Crippen molar-refractivity contribution in [3.63, 3.8) is 0 Å². The van der Waals surface area contributed by atoms with E-state index in [9.17, 15) is 8.42 Å². The molecule has 0 amide bonds. The number of hydrogen-bond acceptors (Lipinski definition) is 5. The Kier molecular flexibility index (Phi) is 4.64. The maximum absolute atomic E-state index is 12.2. The number of nitrogens with zero attached hydrogens (tertiary/aromatic N) is 2. The number of anilines is 1. The van der Waals surface area contributed by atoms with Gasteiger partial charge in [0.1, 0.15) is 0 Å². The van der Waals surface area contributed by atoms with E-state index in [0.717, 1.165) is 16.9 Å². The highest BCUT2D eigenvalue weighted by molar-refractivity contribution is 7.94. The number of rotatable bonds is 5. The van der Waals surface area contributed by atoms with Crippen LogP contribution in [-0.2, 0) is 16.6 Å². The van der Waals surface area contributed by atoms with E-state index in [-0.39, 0.29) is 8.68 Å². The first-order chi connectivity index (χ1) is 9.38. The summed E-state index contributed by atoms with van der Waals surface area (Å²) in [6.07, 6.45) is 1.25. The Labute approximate surface area is 127 Å². The van der Waals surface area contributed by atoms with E-state index >= 15 is 0 Å². The van der Waals surface area contributed by atoms with Crippen molar-refractivity contribution in [3.8, 4) is 0 Å². The predicted molar refractivity (Wildman–Crippen MR) is 81.8 cm³/mol. The summed E-state index contributed by atoms with van der Waals surface area (Å²) in [6.45, 7) is 0.641. The summed E-state index contributed by atoms with van der Waals surface area (Å²) >= 11 is 6.61. The molecule has 1 heterocycles. The minimum atomic E-state index is -3.65. The summed E-state index contributed by atoms with van der Waals surface area (Å²) in [4.78, 5) is 5.72. The van der Waals surface area contributed by atoms with Crippen molar-refractivity contribution in [1.29, 1.82) is 0 Å². The smallest absolute Gasteiger partial charge is 0.273 e. The molecule has 0 saturated heterocycles. The first-order valence-electron chi connectivity index (χ1n) is 5.75. The van der Waals surface area contributed by atoms with Crippen LogP contribution in [0.5, 0.6) is 0 Å². The van der Waals surface area contributed by atoms with E-state index in [1.165, 1.54) is 6.20 Å². The van der Waals surface area contributed by atoms with Crippen LogP contribution in [0.4, 0.5) is 5.69 Å². The molecular formula is C12H14ClN3O2S2. The number of benzene rings is 1. The van der Waals surface area contributed by atoms with Crippen molar-refractivity contribution in [3.05, 3.63) is 40.5 Å². The number of para-hydroxylation sites is 1. The average molecular weight is 332 g/mol. The molecule has 2 aromatic rings. The van der Waals surface area contributed by atoms with E-state index < -0.39 is 10.0 Å². The second kappa shape index (κ2) is 6.09. The number of thiazole rings is 1. The van der Waals surface area contributed by atoms with Crippen LogP contribution in [0.15, 0.2) is 34.7 Å². The van der Waals surface area contributed by atoms with Gasteiger partial charge in [-0.15, -0.1) is 0 Å². The Balaban J connectivity index is 2.30. The second-order valence-corrected chi connectivity index (χ2v) is 7.95. The SMILES string of the molecule is CN(C)Cc1ccccc1NS(=O)(=O)c1cnc(Cl)s1. The molecule has 1 aromatic heterocycles. The van der Waals surface area contributed by atoms with Crippen molar-refractivity contribution in [1.82, 2.24) is 9.88 Å². The predicted octanol–water partition coefficient (Wildman–Crippen LogP) is 2.66. The van der Waals surface area contributed by atoms with Gasteiger partial charge < -0.3 is 4.90 Å². The molecule has 0 spiro atoms. The maximum atomic E-state index is 12.2. The molecule has 8 heteroatoms. The highest BCUT2D eigenvalue weighted by Gasteiger charge is 2.19. The van der Waals surface area contributed by atoms with E-state index in [4.69, 9.17) is 11.6 Å². The van der Waals surface area contributed by atoms with Gasteiger partial charge in [-0.3, -0.25) is 4.72 Å². The number of hydrogen-bond donors (Lipinski definition) is 1. The zero-order chi connectivity index (χ0) is 14.8. The standard InChI is InChI=1S/C12H14ClN3O2S2/c1-16(2)8-9-5-3-4-6-10(9)15-20(17,18)11-7-14-12(13)19-11/h3-7,15H,8H2,1-2H3. The van der Waals surface area contributed by atoms with Gasteiger partial charge in [0.2, 0.25) is 0 Å². The van der Waals surface area contributed by atoms with Gasteiger partial charge in [0, 0.05) is 6.54 Å². The van der Waals surface area contributed by atoms with Gasteiger partial charge in [0.25, 0.3) is 10.0 Å². The monoisotopic (exact) mass is 331 g/mol. The van der Waals surface area contributed by atoms with Gasteiger partial charge in [-0.05, 0) is 25.7 Å². The fraction of sp³-hybridized carbons (Fsp3) is 0.250. The van der Waals surface area contributed by atoms with Crippen molar-refractivity contribution in [2.45, 2.75) is 10.8 Å². The summed E-state index contributed by atoms with van der Waals surface area (Å²) in [5.74, 6) is 0. The van der Waals surface area contributed by atoms with Gasteiger partial charge in [0.05, 0.1) is 11.9 Å². The Hall–Kier alpha value is -1.15. The largest absolute Gasteiger partial charge is 0.305 e. The molecule has 0 aliphatic carbocycles. The first-order valence-corrected chi connectivity index (χ1v) is 8.43. The van der Waals surface area contributed by atoms with Gasteiger partial charge in [0.15, 0.2) is 8.68 Å². The highest BCUT2D eigenvalue weighted by atomic mass is 35.5. The molecule has 0 unspecified atom stereocenters. The fourth-order valence-corrected chi connectivity index (χ4v) is 4.05. The summed E-state index contributed by atoms with van der Waals surface area (Å²) < 4.78 is 27.4. The van der Waals surface area contributed by atoms with E-state index in [1.807, 2.05) is 31.1 Å². The summed E-state index contributed by atoms with van der Waals surface area (Å²) in [6, 6.07) is 7.29. The molecule has 0 bridgehead atoms. The van der Waals surface area contributed by atoms with Gasteiger partial charge >= 0.3 is 0 Å². The van der Waals surface area contributed by atoms with Crippen molar-refractivity contribution >= 4 is 38.6 Å². The molecule has 0 radical (unpaired) electrons. The quantitative estimate of drug-likeness (QED) is 0.915. The third-order valence-corrected chi connectivity index (χ3v) is 5.41. The zero-order valence-electron chi connectivity index (χ0n) is 11.0. The molecule has 5 nitrogen and oxygen atoms in total. The topological polar surface area (TPSA) is 62.3 Å². The van der Waals surface area contributed by atoms with Gasteiger partial charge in [-0.25, -0.2) is 13.4 Å². The fourth-order valence-electron chi connectivity index (χ4n) is 1.66. The third kappa shape index (κ3) is 3.69. The van der Waals surface area contributed by atoms with Crippen LogP contribution in [0.2, 0.25) is 4.47 Å². The van der Waals surface area contributed by atoms with Crippen LogP contribution < -0.4 is 4.72 Å². The number of nitrogens with one attached hydrogen (secondary N) is 1. The van der Waals surface area contributed by atoms with Crippen LogP contribution in [0.1, 0.15) is 5.56 Å². The molecule has 0 fully saturated rings. The summed E-state index contributed by atoms with van der Waals surface area (Å²) in [5, 5.41) is 0. The molecule has 0 aliphatic rings. The van der Waals surface area contributed by atoms with Crippen LogP contribution in [0.25, 0.3) is 0 Å². The maximum Gasteiger partial charge on any atom is 0.273 e. The number of sulfonamides is 1. The molecule has 20 heavy (non-hydrogen) atoms. The lowest BCUT2D eigenvalue weighted by atomic mass is 10.2.